The molecule has 1 aliphatic rings. The van der Waals surface area contributed by atoms with E-state index in [0.29, 0.717) is 29.5 Å². The molecule has 0 unspecified atom stereocenters. The minimum absolute atomic E-state index is 0.0392. The van der Waals surface area contributed by atoms with Gasteiger partial charge in [0.2, 0.25) is 11.9 Å². The number of piperidine rings is 1. The highest BCUT2D eigenvalue weighted by Crippen LogP contribution is 2.30. The number of nitrogens with zero attached hydrogens (tertiary/aromatic N) is 4. The Kier molecular flexibility index (Phi) is 7.02. The summed E-state index contributed by atoms with van der Waals surface area (Å²) in [5.41, 5.74) is 2.93. The van der Waals surface area contributed by atoms with Gasteiger partial charge in [-0.1, -0.05) is 0 Å². The van der Waals surface area contributed by atoms with Crippen molar-refractivity contribution in [2.45, 2.75) is 26.2 Å². The molecule has 8 nitrogen and oxygen atoms in total. The van der Waals surface area contributed by atoms with Gasteiger partial charge in [-0.3, -0.25) is 4.79 Å². The van der Waals surface area contributed by atoms with Crippen molar-refractivity contribution in [3.8, 4) is 0 Å². The van der Waals surface area contributed by atoms with Crippen molar-refractivity contribution in [3.05, 3.63) is 36.6 Å². The Bertz CT molecular complexity index is 1080. The van der Waals surface area contributed by atoms with E-state index in [1.165, 1.54) is 6.92 Å². The number of nitrogens with one attached hydrogen (secondary N) is 2. The lowest BCUT2D eigenvalue weighted by atomic mass is 9.97. The Labute approximate surface area is 191 Å². The standard InChI is InChI=1S/C23H28F2N6O2/c1-15(32)30(2)18-5-3-17(4-6-18)27-23-28-19-9-12-33-21(19)22(29-23)31-10-7-16(8-11-31)13-26-14-20(24)25/h3-6,9,12,16,20,26H,7-8,10-11,13-14H2,1-2H3,(H,27,28,29). The fraction of sp³-hybridized carbons (Fsp3) is 0.435. The van der Waals surface area contributed by atoms with Crippen molar-refractivity contribution in [1.82, 2.24) is 15.3 Å². The predicted molar refractivity (Wildman–Crippen MR) is 124 cm³/mol. The van der Waals surface area contributed by atoms with Gasteiger partial charge in [-0.25, -0.2) is 13.8 Å². The first-order valence-corrected chi connectivity index (χ1v) is 11.0. The number of rotatable bonds is 8. The van der Waals surface area contributed by atoms with Crippen molar-refractivity contribution in [2.75, 3.05) is 48.3 Å². The van der Waals surface area contributed by atoms with Crippen LogP contribution in [0, 0.1) is 5.92 Å². The molecule has 176 valence electrons. The molecule has 3 aromatic rings. The predicted octanol–water partition coefficient (Wildman–Crippen LogP) is 4.02. The molecule has 0 radical (unpaired) electrons. The lowest BCUT2D eigenvalue weighted by molar-refractivity contribution is -0.116. The van der Waals surface area contributed by atoms with Gasteiger partial charge in [-0.05, 0) is 49.6 Å². The van der Waals surface area contributed by atoms with Crippen molar-refractivity contribution < 1.29 is 18.0 Å². The number of amides is 1. The van der Waals surface area contributed by atoms with Crippen LogP contribution in [0.1, 0.15) is 19.8 Å². The molecule has 0 aliphatic carbocycles. The van der Waals surface area contributed by atoms with E-state index in [2.05, 4.69) is 20.5 Å². The van der Waals surface area contributed by atoms with Gasteiger partial charge in [0.15, 0.2) is 11.4 Å². The summed E-state index contributed by atoms with van der Waals surface area (Å²) in [5, 5.41) is 6.08. The second-order valence-corrected chi connectivity index (χ2v) is 8.24. The summed E-state index contributed by atoms with van der Waals surface area (Å²) in [5.74, 6) is 1.49. The zero-order valence-corrected chi connectivity index (χ0v) is 18.7. The molecule has 4 rings (SSSR count). The van der Waals surface area contributed by atoms with Gasteiger partial charge >= 0.3 is 0 Å². The Morgan fingerprint density at radius 3 is 2.61 bits per heavy atom. The second kappa shape index (κ2) is 10.1. The molecule has 1 aliphatic heterocycles. The van der Waals surface area contributed by atoms with Crippen LogP contribution in [0.2, 0.25) is 0 Å². The summed E-state index contributed by atoms with van der Waals surface area (Å²) < 4.78 is 30.4. The van der Waals surface area contributed by atoms with E-state index in [4.69, 9.17) is 9.40 Å². The summed E-state index contributed by atoms with van der Waals surface area (Å²) in [7, 11) is 1.73. The number of alkyl halides is 2. The molecule has 10 heteroatoms. The topological polar surface area (TPSA) is 86.5 Å². The van der Waals surface area contributed by atoms with Gasteiger partial charge in [0.25, 0.3) is 6.43 Å². The third-order valence-corrected chi connectivity index (χ3v) is 5.91. The molecule has 0 bridgehead atoms. The highest BCUT2D eigenvalue weighted by Gasteiger charge is 2.24. The van der Waals surface area contributed by atoms with Gasteiger partial charge < -0.3 is 24.9 Å². The number of benzene rings is 1. The van der Waals surface area contributed by atoms with Gasteiger partial charge in [0, 0.05) is 44.5 Å². The molecule has 2 aromatic heterocycles. The van der Waals surface area contributed by atoms with Crippen LogP contribution in [0.4, 0.5) is 31.9 Å². The third kappa shape index (κ3) is 5.57. The number of hydrogen-bond acceptors (Lipinski definition) is 7. The fourth-order valence-corrected chi connectivity index (χ4v) is 3.94. The van der Waals surface area contributed by atoms with Crippen LogP contribution in [0.5, 0.6) is 0 Å². The van der Waals surface area contributed by atoms with Gasteiger partial charge in [0.1, 0.15) is 5.52 Å². The van der Waals surface area contributed by atoms with Gasteiger partial charge in [-0.2, -0.15) is 4.98 Å². The van der Waals surface area contributed by atoms with Gasteiger partial charge in [0.05, 0.1) is 12.8 Å². The number of hydrogen-bond donors (Lipinski definition) is 2. The highest BCUT2D eigenvalue weighted by molar-refractivity contribution is 5.91. The Balaban J connectivity index is 1.46. The smallest absolute Gasteiger partial charge is 0.250 e. The Morgan fingerprint density at radius 2 is 1.94 bits per heavy atom. The normalized spacial score (nSPS) is 14.8. The van der Waals surface area contributed by atoms with E-state index < -0.39 is 6.43 Å². The maximum absolute atomic E-state index is 12.4. The van der Waals surface area contributed by atoms with Gasteiger partial charge in [-0.15, -0.1) is 0 Å². The van der Waals surface area contributed by atoms with E-state index in [1.54, 1.807) is 24.3 Å². The molecule has 1 saturated heterocycles. The van der Waals surface area contributed by atoms with Crippen molar-refractivity contribution in [3.63, 3.8) is 0 Å². The number of fused-ring (bicyclic) bond motifs is 1. The number of carbonyl (C=O) groups is 1. The highest BCUT2D eigenvalue weighted by atomic mass is 19.3. The molecule has 1 aromatic carbocycles. The minimum atomic E-state index is -2.32. The van der Waals surface area contributed by atoms with E-state index in [1.807, 2.05) is 24.3 Å². The zero-order chi connectivity index (χ0) is 23.4. The molecule has 0 spiro atoms. The van der Waals surface area contributed by atoms with Crippen LogP contribution in [0.3, 0.4) is 0 Å². The zero-order valence-electron chi connectivity index (χ0n) is 18.7. The summed E-state index contributed by atoms with van der Waals surface area (Å²) >= 11 is 0. The quantitative estimate of drug-likeness (QED) is 0.527. The molecular weight excluding hydrogens is 430 g/mol. The maximum Gasteiger partial charge on any atom is 0.250 e. The van der Waals surface area contributed by atoms with Crippen molar-refractivity contribution in [2.24, 2.45) is 5.92 Å². The van der Waals surface area contributed by atoms with E-state index in [9.17, 15) is 13.6 Å². The fourth-order valence-electron chi connectivity index (χ4n) is 3.94. The summed E-state index contributed by atoms with van der Waals surface area (Å²) in [6.07, 6.45) is 1.04. The van der Waals surface area contributed by atoms with Crippen LogP contribution in [0.15, 0.2) is 41.0 Å². The summed E-state index contributed by atoms with van der Waals surface area (Å²) in [6.45, 7) is 3.38. The lowest BCUT2D eigenvalue weighted by Crippen LogP contribution is -2.38. The van der Waals surface area contributed by atoms with Crippen LogP contribution in [-0.2, 0) is 4.79 Å². The molecule has 0 atom stereocenters. The SMILES string of the molecule is CC(=O)N(C)c1ccc(Nc2nc(N3CCC(CNCC(F)F)CC3)c3occc3n2)cc1. The number of halogens is 2. The molecule has 1 fully saturated rings. The van der Waals surface area contributed by atoms with Crippen LogP contribution >= 0.6 is 0 Å². The number of aromatic nitrogens is 2. The van der Waals surface area contributed by atoms with E-state index in [-0.39, 0.29) is 12.5 Å². The number of anilines is 4. The van der Waals surface area contributed by atoms with E-state index in [0.717, 1.165) is 43.1 Å². The lowest BCUT2D eigenvalue weighted by Gasteiger charge is -2.33. The van der Waals surface area contributed by atoms with Crippen molar-refractivity contribution in [1.29, 1.82) is 0 Å². The monoisotopic (exact) mass is 458 g/mol. The maximum atomic E-state index is 12.4. The average Bonchev–Trinajstić information content (AvgIpc) is 3.27. The molecule has 0 saturated carbocycles. The van der Waals surface area contributed by atoms with Crippen molar-refractivity contribution >= 4 is 40.1 Å². The molecule has 2 N–H and O–H groups in total. The largest absolute Gasteiger partial charge is 0.459 e. The third-order valence-electron chi connectivity index (χ3n) is 5.91. The first-order chi connectivity index (χ1) is 15.9. The molecule has 3 heterocycles. The molecule has 33 heavy (non-hydrogen) atoms. The first kappa shape index (κ1) is 22.9. The average molecular weight is 459 g/mol. The molecular formula is C23H28F2N6O2. The first-order valence-electron chi connectivity index (χ1n) is 11.0. The Morgan fingerprint density at radius 1 is 1.21 bits per heavy atom. The number of furan rings is 1. The van der Waals surface area contributed by atoms with Crippen LogP contribution in [0.25, 0.3) is 11.1 Å². The summed E-state index contributed by atoms with van der Waals surface area (Å²) in [6, 6.07) is 9.25. The van der Waals surface area contributed by atoms with Crippen LogP contribution in [-0.4, -0.2) is 55.5 Å². The molecule has 1 amide bonds. The van der Waals surface area contributed by atoms with Crippen LogP contribution < -0.4 is 20.4 Å². The summed E-state index contributed by atoms with van der Waals surface area (Å²) in [4.78, 5) is 24.6. The minimum Gasteiger partial charge on any atom is -0.459 e. The number of carbonyl (C=O) groups excluding carboxylic acids is 1. The second-order valence-electron chi connectivity index (χ2n) is 8.24. The van der Waals surface area contributed by atoms with E-state index >= 15 is 0 Å². The Hall–Kier alpha value is -3.27.